The summed E-state index contributed by atoms with van der Waals surface area (Å²) in [6.45, 7) is 12.9. The third-order valence-electron chi connectivity index (χ3n) is 4.90. The maximum absolute atomic E-state index is 12.3. The third kappa shape index (κ3) is 6.14. The van der Waals surface area contributed by atoms with Crippen molar-refractivity contribution in [3.63, 3.8) is 0 Å². The number of rotatable bonds is 4. The molecular weight excluding hydrogens is 357 g/mol. The Morgan fingerprint density at radius 1 is 1.16 bits per heavy atom. The Hall–Kier alpha value is -0.810. The Kier molecular flexibility index (Phi) is 8.92. The van der Waals surface area contributed by atoms with Gasteiger partial charge in [-0.15, -0.1) is 24.8 Å². The molecule has 0 aliphatic carbocycles. The van der Waals surface area contributed by atoms with Crippen molar-refractivity contribution in [3.05, 3.63) is 35.4 Å². The van der Waals surface area contributed by atoms with Crippen LogP contribution in [0.3, 0.4) is 0 Å². The van der Waals surface area contributed by atoms with Gasteiger partial charge in [-0.25, -0.2) is 0 Å². The number of hydrogen-bond donors (Lipinski definition) is 2. The summed E-state index contributed by atoms with van der Waals surface area (Å²) in [7, 11) is 0. The number of nitrogens with two attached hydrogens (primary N) is 1. The zero-order valence-corrected chi connectivity index (χ0v) is 17.6. The van der Waals surface area contributed by atoms with Crippen LogP contribution in [0.2, 0.25) is 0 Å². The molecule has 0 fully saturated rings. The predicted molar refractivity (Wildman–Crippen MR) is 110 cm³/mol. The van der Waals surface area contributed by atoms with Gasteiger partial charge in [0, 0.05) is 25.2 Å². The van der Waals surface area contributed by atoms with Crippen molar-refractivity contribution in [2.24, 2.45) is 11.1 Å². The SMILES string of the molecule is CC(C)(C)[C@H](N)C(=O)NCC(C)(C)N1CCc2ccccc2C1.Cl.Cl. The summed E-state index contributed by atoms with van der Waals surface area (Å²) in [6, 6.07) is 8.13. The molecule has 0 radical (unpaired) electrons. The van der Waals surface area contributed by atoms with Crippen molar-refractivity contribution < 1.29 is 4.79 Å². The molecule has 1 atom stereocenters. The quantitative estimate of drug-likeness (QED) is 0.831. The fraction of sp³-hybridized carbons (Fsp3) is 0.632. The molecule has 1 heterocycles. The number of halogens is 2. The number of nitrogens with zero attached hydrogens (tertiary/aromatic N) is 1. The van der Waals surface area contributed by atoms with Crippen LogP contribution in [0, 0.1) is 5.41 Å². The fourth-order valence-electron chi connectivity index (χ4n) is 2.93. The summed E-state index contributed by atoms with van der Waals surface area (Å²) in [5, 5.41) is 3.04. The van der Waals surface area contributed by atoms with E-state index < -0.39 is 6.04 Å². The Labute approximate surface area is 164 Å². The van der Waals surface area contributed by atoms with Gasteiger partial charge in [0.25, 0.3) is 0 Å². The van der Waals surface area contributed by atoms with E-state index in [4.69, 9.17) is 5.73 Å². The molecule has 0 unspecified atom stereocenters. The van der Waals surface area contributed by atoms with Gasteiger partial charge in [0.2, 0.25) is 5.91 Å². The van der Waals surface area contributed by atoms with Crippen LogP contribution in [0.1, 0.15) is 45.7 Å². The lowest BCUT2D eigenvalue weighted by Gasteiger charge is -2.42. The summed E-state index contributed by atoms with van der Waals surface area (Å²) in [4.78, 5) is 14.7. The number of fused-ring (bicyclic) bond motifs is 1. The van der Waals surface area contributed by atoms with E-state index in [2.05, 4.69) is 48.3 Å². The third-order valence-corrected chi connectivity index (χ3v) is 4.90. The second-order valence-corrected chi connectivity index (χ2v) is 8.31. The summed E-state index contributed by atoms with van der Waals surface area (Å²) in [5.74, 6) is -0.0667. The lowest BCUT2D eigenvalue weighted by Crippen LogP contribution is -2.56. The number of benzene rings is 1. The number of amides is 1. The molecule has 144 valence electrons. The summed E-state index contributed by atoms with van der Waals surface area (Å²) >= 11 is 0. The topological polar surface area (TPSA) is 58.4 Å². The summed E-state index contributed by atoms with van der Waals surface area (Å²) in [6.07, 6.45) is 1.06. The van der Waals surface area contributed by atoms with Gasteiger partial charge in [-0.3, -0.25) is 9.69 Å². The van der Waals surface area contributed by atoms with Crippen LogP contribution >= 0.6 is 24.8 Å². The Morgan fingerprint density at radius 3 is 2.28 bits per heavy atom. The highest BCUT2D eigenvalue weighted by Crippen LogP contribution is 2.25. The van der Waals surface area contributed by atoms with Crippen LogP contribution in [0.15, 0.2) is 24.3 Å². The number of carbonyl (C=O) groups is 1. The molecule has 1 aliphatic rings. The predicted octanol–water partition coefficient (Wildman–Crippen LogP) is 3.16. The molecule has 0 bridgehead atoms. The van der Waals surface area contributed by atoms with E-state index in [1.54, 1.807) is 0 Å². The van der Waals surface area contributed by atoms with Crippen molar-refractivity contribution in [3.8, 4) is 0 Å². The molecule has 0 saturated heterocycles. The van der Waals surface area contributed by atoms with Crippen LogP contribution < -0.4 is 11.1 Å². The highest BCUT2D eigenvalue weighted by Gasteiger charge is 2.32. The van der Waals surface area contributed by atoms with Crippen LogP contribution in [-0.2, 0) is 17.8 Å². The maximum Gasteiger partial charge on any atom is 0.237 e. The van der Waals surface area contributed by atoms with Gasteiger partial charge < -0.3 is 11.1 Å². The minimum Gasteiger partial charge on any atom is -0.353 e. The smallest absolute Gasteiger partial charge is 0.237 e. The Balaban J connectivity index is 0.00000288. The summed E-state index contributed by atoms with van der Waals surface area (Å²) < 4.78 is 0. The second-order valence-electron chi connectivity index (χ2n) is 8.31. The highest BCUT2D eigenvalue weighted by atomic mass is 35.5. The number of carbonyl (C=O) groups excluding carboxylic acids is 1. The van der Waals surface area contributed by atoms with Crippen LogP contribution in [0.4, 0.5) is 0 Å². The maximum atomic E-state index is 12.3. The van der Waals surface area contributed by atoms with Gasteiger partial charge in [-0.05, 0) is 36.8 Å². The van der Waals surface area contributed by atoms with E-state index in [0.29, 0.717) is 6.54 Å². The normalized spacial score (nSPS) is 16.1. The first kappa shape index (κ1) is 24.2. The average Bonchev–Trinajstić information content (AvgIpc) is 2.50. The van der Waals surface area contributed by atoms with Crippen molar-refractivity contribution in [1.29, 1.82) is 0 Å². The van der Waals surface area contributed by atoms with Gasteiger partial charge in [-0.2, -0.15) is 0 Å². The monoisotopic (exact) mass is 389 g/mol. The fourth-order valence-corrected chi connectivity index (χ4v) is 2.93. The van der Waals surface area contributed by atoms with E-state index in [0.717, 1.165) is 19.5 Å². The first-order chi connectivity index (χ1) is 10.6. The molecule has 0 saturated carbocycles. The lowest BCUT2D eigenvalue weighted by atomic mass is 9.86. The van der Waals surface area contributed by atoms with Gasteiger partial charge in [0.1, 0.15) is 0 Å². The molecule has 1 aromatic carbocycles. The molecule has 1 aromatic rings. The highest BCUT2D eigenvalue weighted by molar-refractivity contribution is 5.85. The summed E-state index contributed by atoms with van der Waals surface area (Å²) in [5.41, 5.74) is 8.56. The number of hydrogen-bond acceptors (Lipinski definition) is 3. The van der Waals surface area contributed by atoms with Gasteiger partial charge in [0.15, 0.2) is 0 Å². The van der Waals surface area contributed by atoms with Crippen LogP contribution in [-0.4, -0.2) is 35.5 Å². The average molecular weight is 390 g/mol. The minimum atomic E-state index is -0.486. The molecule has 0 aromatic heterocycles. The molecule has 0 spiro atoms. The van der Waals surface area contributed by atoms with Crippen molar-refractivity contribution in [2.45, 2.75) is 59.2 Å². The zero-order chi connectivity index (χ0) is 17.3. The zero-order valence-electron chi connectivity index (χ0n) is 16.0. The molecule has 1 aliphatic heterocycles. The molecule has 3 N–H and O–H groups in total. The number of nitrogens with one attached hydrogen (secondary N) is 1. The van der Waals surface area contributed by atoms with Crippen molar-refractivity contribution in [2.75, 3.05) is 13.1 Å². The Morgan fingerprint density at radius 2 is 1.72 bits per heavy atom. The van der Waals surface area contributed by atoms with E-state index in [1.807, 2.05) is 20.8 Å². The molecule has 4 nitrogen and oxygen atoms in total. The standard InChI is InChI=1S/C19H31N3O.2ClH/c1-18(2,3)16(20)17(23)21-13-19(4,5)22-11-10-14-8-6-7-9-15(14)12-22;;/h6-9,16H,10-13,20H2,1-5H3,(H,21,23);2*1H/t16-;;/m1../s1. The van der Waals surface area contributed by atoms with Crippen LogP contribution in [0.25, 0.3) is 0 Å². The van der Waals surface area contributed by atoms with E-state index in [1.165, 1.54) is 11.1 Å². The van der Waals surface area contributed by atoms with Gasteiger partial charge >= 0.3 is 0 Å². The first-order valence-electron chi connectivity index (χ1n) is 8.46. The van der Waals surface area contributed by atoms with E-state index >= 15 is 0 Å². The van der Waals surface area contributed by atoms with Gasteiger partial charge in [-0.1, -0.05) is 45.0 Å². The Bertz CT molecular complexity index is 570. The van der Waals surface area contributed by atoms with Crippen molar-refractivity contribution in [1.82, 2.24) is 10.2 Å². The van der Waals surface area contributed by atoms with Crippen LogP contribution in [0.5, 0.6) is 0 Å². The lowest BCUT2D eigenvalue weighted by molar-refractivity contribution is -0.125. The molecule has 1 amide bonds. The van der Waals surface area contributed by atoms with E-state index in [9.17, 15) is 4.79 Å². The molecule has 25 heavy (non-hydrogen) atoms. The minimum absolute atomic E-state index is 0. The first-order valence-corrected chi connectivity index (χ1v) is 8.46. The van der Waals surface area contributed by atoms with Crippen molar-refractivity contribution >= 4 is 30.7 Å². The molecular formula is C19H33Cl2N3O. The molecule has 6 heteroatoms. The molecule has 2 rings (SSSR count). The van der Waals surface area contributed by atoms with Gasteiger partial charge in [0.05, 0.1) is 6.04 Å². The van der Waals surface area contributed by atoms with E-state index in [-0.39, 0.29) is 41.7 Å². The largest absolute Gasteiger partial charge is 0.353 e. The second kappa shape index (κ2) is 9.22.